The number of carbonyl (C=O) groups is 1. The molecule has 0 rings (SSSR count). The molecule has 1 unspecified atom stereocenters. The number of rotatable bonds is 7. The molecule has 0 aliphatic rings. The van der Waals surface area contributed by atoms with Crippen LogP contribution in [0.3, 0.4) is 0 Å². The molecule has 0 fully saturated rings. The predicted octanol–water partition coefficient (Wildman–Crippen LogP) is 0.874. The van der Waals surface area contributed by atoms with Gasteiger partial charge in [-0.2, -0.15) is 8.42 Å². The van der Waals surface area contributed by atoms with Crippen LogP contribution < -0.4 is 0 Å². The molecular formula is C11H22NO4S+. The highest BCUT2D eigenvalue weighted by Gasteiger charge is 2.32. The third-order valence-electron chi connectivity index (χ3n) is 2.93. The lowest BCUT2D eigenvalue weighted by atomic mass is 10.1. The second-order valence-corrected chi connectivity index (χ2v) is 6.51. The summed E-state index contributed by atoms with van der Waals surface area (Å²) >= 11 is 0. The van der Waals surface area contributed by atoms with Crippen LogP contribution >= 0.6 is 0 Å². The highest BCUT2D eigenvalue weighted by molar-refractivity contribution is 7.87. The number of quaternary nitrogens is 1. The molecule has 0 bridgehead atoms. The molecule has 1 N–H and O–H groups in total. The van der Waals surface area contributed by atoms with Gasteiger partial charge in [-0.1, -0.05) is 6.58 Å². The van der Waals surface area contributed by atoms with Crippen LogP contribution in [0.1, 0.15) is 20.3 Å². The number of nitrogens with zero attached hydrogens (tertiary/aromatic N) is 1. The predicted molar refractivity (Wildman–Crippen MR) is 67.3 cm³/mol. The standard InChI is InChI=1S/C11H21NO4S/c1-6-12(4,5)8-7-10(17(14,15)16)11(13)9(2)3/h10H,2,6-8H2,1,3-5H3/p+1. The van der Waals surface area contributed by atoms with Crippen molar-refractivity contribution in [1.29, 1.82) is 0 Å². The van der Waals surface area contributed by atoms with E-state index in [4.69, 9.17) is 4.55 Å². The van der Waals surface area contributed by atoms with Crippen molar-refractivity contribution in [2.24, 2.45) is 0 Å². The lowest BCUT2D eigenvalue weighted by Crippen LogP contribution is -2.43. The van der Waals surface area contributed by atoms with Gasteiger partial charge in [0.1, 0.15) is 0 Å². The molecule has 0 saturated carbocycles. The zero-order chi connectivity index (χ0) is 13.9. The van der Waals surface area contributed by atoms with Crippen LogP contribution in [-0.4, -0.2) is 55.7 Å². The molecule has 0 aliphatic carbocycles. The molecule has 0 spiro atoms. The number of allylic oxidation sites excluding steroid dienone is 1. The van der Waals surface area contributed by atoms with E-state index in [0.29, 0.717) is 11.0 Å². The Balaban J connectivity index is 4.89. The molecule has 100 valence electrons. The lowest BCUT2D eigenvalue weighted by molar-refractivity contribution is -0.888. The molecule has 0 aromatic carbocycles. The van der Waals surface area contributed by atoms with Gasteiger partial charge in [0, 0.05) is 6.42 Å². The topological polar surface area (TPSA) is 71.4 Å². The number of Topliss-reactive ketones (excluding diaryl/α,β-unsaturated/α-hetero) is 1. The fourth-order valence-corrected chi connectivity index (χ4v) is 2.19. The summed E-state index contributed by atoms with van der Waals surface area (Å²) in [4.78, 5) is 11.6. The highest BCUT2D eigenvalue weighted by atomic mass is 32.2. The van der Waals surface area contributed by atoms with Gasteiger partial charge in [-0.05, 0) is 19.4 Å². The second kappa shape index (κ2) is 5.75. The van der Waals surface area contributed by atoms with Crippen LogP contribution in [-0.2, 0) is 14.9 Å². The minimum Gasteiger partial charge on any atom is -0.329 e. The third-order valence-corrected chi connectivity index (χ3v) is 4.09. The smallest absolute Gasteiger partial charge is 0.275 e. The molecule has 5 nitrogen and oxygen atoms in total. The molecule has 0 amide bonds. The van der Waals surface area contributed by atoms with Gasteiger partial charge in [-0.25, -0.2) is 0 Å². The van der Waals surface area contributed by atoms with E-state index in [1.807, 2.05) is 21.0 Å². The summed E-state index contributed by atoms with van der Waals surface area (Å²) in [6.07, 6.45) is 0.103. The van der Waals surface area contributed by atoms with E-state index in [2.05, 4.69) is 6.58 Å². The van der Waals surface area contributed by atoms with Crippen molar-refractivity contribution in [3.05, 3.63) is 12.2 Å². The van der Waals surface area contributed by atoms with Gasteiger partial charge in [0.15, 0.2) is 11.0 Å². The summed E-state index contributed by atoms with van der Waals surface area (Å²) in [5, 5.41) is -1.39. The highest BCUT2D eigenvalue weighted by Crippen LogP contribution is 2.13. The zero-order valence-electron chi connectivity index (χ0n) is 10.9. The molecule has 0 aliphatic heterocycles. The third kappa shape index (κ3) is 5.43. The van der Waals surface area contributed by atoms with E-state index in [1.54, 1.807) is 0 Å². The van der Waals surface area contributed by atoms with Crippen molar-refractivity contribution in [2.75, 3.05) is 27.2 Å². The Morgan fingerprint density at radius 2 is 1.88 bits per heavy atom. The molecule has 0 radical (unpaired) electrons. The van der Waals surface area contributed by atoms with E-state index in [9.17, 15) is 13.2 Å². The van der Waals surface area contributed by atoms with Gasteiger partial charge in [-0.15, -0.1) is 0 Å². The number of hydrogen-bond acceptors (Lipinski definition) is 3. The average molecular weight is 264 g/mol. The Kier molecular flexibility index (Phi) is 5.51. The Hall–Kier alpha value is -0.720. The Labute approximate surface area is 103 Å². The van der Waals surface area contributed by atoms with Gasteiger partial charge >= 0.3 is 0 Å². The maximum Gasteiger partial charge on any atom is 0.275 e. The van der Waals surface area contributed by atoms with Crippen LogP contribution in [0, 0.1) is 0 Å². The lowest BCUT2D eigenvalue weighted by Gasteiger charge is -2.29. The monoisotopic (exact) mass is 264 g/mol. The fraction of sp³-hybridized carbons (Fsp3) is 0.727. The maximum absolute atomic E-state index is 11.6. The van der Waals surface area contributed by atoms with Crippen LogP contribution in [0.2, 0.25) is 0 Å². The molecule has 0 saturated heterocycles. The van der Waals surface area contributed by atoms with Crippen molar-refractivity contribution in [1.82, 2.24) is 0 Å². The number of hydrogen-bond donors (Lipinski definition) is 1. The number of ketones is 1. The van der Waals surface area contributed by atoms with Crippen LogP contribution in [0.25, 0.3) is 0 Å². The van der Waals surface area contributed by atoms with Gasteiger partial charge in [0.05, 0.1) is 27.2 Å². The molecule has 17 heavy (non-hydrogen) atoms. The first-order chi connectivity index (χ1) is 7.51. The van der Waals surface area contributed by atoms with Crippen LogP contribution in [0.15, 0.2) is 12.2 Å². The summed E-state index contributed by atoms with van der Waals surface area (Å²) in [6.45, 7) is 8.16. The molecular weight excluding hydrogens is 242 g/mol. The van der Waals surface area contributed by atoms with E-state index < -0.39 is 21.2 Å². The quantitative estimate of drug-likeness (QED) is 0.421. The van der Waals surface area contributed by atoms with E-state index in [1.165, 1.54) is 6.92 Å². The Bertz CT molecular complexity index is 398. The molecule has 0 aromatic heterocycles. The van der Waals surface area contributed by atoms with E-state index in [0.717, 1.165) is 6.54 Å². The molecule has 6 heteroatoms. The van der Waals surface area contributed by atoms with Crippen LogP contribution in [0.4, 0.5) is 0 Å². The maximum atomic E-state index is 11.6. The first-order valence-corrected chi connectivity index (χ1v) is 6.99. The summed E-state index contributed by atoms with van der Waals surface area (Å²) in [5.74, 6) is -0.608. The normalized spacial score (nSPS) is 14.4. The first kappa shape index (κ1) is 16.3. The van der Waals surface area contributed by atoms with E-state index >= 15 is 0 Å². The Morgan fingerprint density at radius 1 is 1.41 bits per heavy atom. The van der Waals surface area contributed by atoms with Crippen molar-refractivity contribution < 1.29 is 22.2 Å². The van der Waals surface area contributed by atoms with Gasteiger partial charge in [0.25, 0.3) is 10.1 Å². The summed E-state index contributed by atoms with van der Waals surface area (Å²) < 4.78 is 32.0. The van der Waals surface area contributed by atoms with Gasteiger partial charge in [0.2, 0.25) is 0 Å². The molecule has 0 aromatic rings. The van der Waals surface area contributed by atoms with E-state index in [-0.39, 0.29) is 12.0 Å². The minimum absolute atomic E-state index is 0.103. The largest absolute Gasteiger partial charge is 0.329 e. The molecule has 1 atom stereocenters. The zero-order valence-corrected chi connectivity index (χ0v) is 11.7. The van der Waals surface area contributed by atoms with Gasteiger partial charge in [-0.3, -0.25) is 9.35 Å². The fourth-order valence-electron chi connectivity index (χ4n) is 1.31. The second-order valence-electron chi connectivity index (χ2n) is 4.91. The van der Waals surface area contributed by atoms with Crippen LogP contribution in [0.5, 0.6) is 0 Å². The molecule has 0 heterocycles. The minimum atomic E-state index is -4.36. The first-order valence-electron chi connectivity index (χ1n) is 5.49. The summed E-state index contributed by atoms with van der Waals surface area (Å²) in [7, 11) is -0.487. The number of carbonyl (C=O) groups excluding carboxylic acids is 1. The van der Waals surface area contributed by atoms with Crippen molar-refractivity contribution in [3.8, 4) is 0 Å². The van der Waals surface area contributed by atoms with Crippen molar-refractivity contribution in [3.63, 3.8) is 0 Å². The van der Waals surface area contributed by atoms with Crippen molar-refractivity contribution in [2.45, 2.75) is 25.5 Å². The van der Waals surface area contributed by atoms with Crippen molar-refractivity contribution >= 4 is 15.9 Å². The average Bonchev–Trinajstić information content (AvgIpc) is 2.15. The van der Waals surface area contributed by atoms with Gasteiger partial charge < -0.3 is 4.48 Å². The summed E-state index contributed by atoms with van der Waals surface area (Å²) in [6, 6.07) is 0. The SMILES string of the molecule is C=C(C)C(=O)C(CC[N+](C)(C)CC)S(=O)(=O)O. The Morgan fingerprint density at radius 3 is 2.18 bits per heavy atom. The summed E-state index contributed by atoms with van der Waals surface area (Å²) in [5.41, 5.74) is 0.148.